The highest BCUT2D eigenvalue weighted by atomic mass is 32.2. The zero-order chi connectivity index (χ0) is 22.0. The van der Waals surface area contributed by atoms with Crippen molar-refractivity contribution < 1.29 is 39.6 Å². The van der Waals surface area contributed by atoms with Gasteiger partial charge < -0.3 is 5.32 Å². The second-order valence-electron chi connectivity index (χ2n) is 5.70. The van der Waals surface area contributed by atoms with Gasteiger partial charge in [-0.1, -0.05) is 19.1 Å². The van der Waals surface area contributed by atoms with Gasteiger partial charge >= 0.3 is 6.18 Å². The number of carbonyl (C=O) groups excluding carboxylic acids is 1. The number of nitrogens with zero attached hydrogens (tertiary/aromatic N) is 1. The van der Waals surface area contributed by atoms with Crippen LogP contribution in [0, 0.1) is 17.5 Å². The molecule has 0 saturated heterocycles. The van der Waals surface area contributed by atoms with Crippen molar-refractivity contribution in [3.63, 3.8) is 0 Å². The molecule has 0 saturated carbocycles. The Hall–Kier alpha value is -2.60. The molecule has 0 fully saturated rings. The van der Waals surface area contributed by atoms with Gasteiger partial charge in [-0.2, -0.15) is 17.5 Å². The number of amides is 1. The van der Waals surface area contributed by atoms with Crippen molar-refractivity contribution in [3.05, 3.63) is 59.4 Å². The van der Waals surface area contributed by atoms with Crippen LogP contribution in [0.15, 0.2) is 41.3 Å². The summed E-state index contributed by atoms with van der Waals surface area (Å²) in [6.07, 6.45) is -4.77. The van der Waals surface area contributed by atoms with Crippen LogP contribution in [-0.4, -0.2) is 31.7 Å². The molecule has 12 heteroatoms. The van der Waals surface area contributed by atoms with Crippen LogP contribution < -0.4 is 5.32 Å². The number of para-hydroxylation sites is 1. The van der Waals surface area contributed by atoms with Gasteiger partial charge in [0.2, 0.25) is 15.9 Å². The Morgan fingerprint density at radius 2 is 1.66 bits per heavy atom. The minimum Gasteiger partial charge on any atom is -0.324 e. The molecule has 0 aliphatic rings. The number of hydrogen-bond acceptors (Lipinski definition) is 3. The van der Waals surface area contributed by atoms with Crippen molar-refractivity contribution in [2.45, 2.75) is 18.0 Å². The third-order valence-electron chi connectivity index (χ3n) is 3.80. The Morgan fingerprint density at radius 1 is 1.03 bits per heavy atom. The van der Waals surface area contributed by atoms with E-state index in [0.29, 0.717) is 16.4 Å². The van der Waals surface area contributed by atoms with E-state index in [1.54, 1.807) is 0 Å². The number of halogens is 6. The third kappa shape index (κ3) is 4.88. The Labute approximate surface area is 162 Å². The Bertz CT molecular complexity index is 1020. The number of rotatable bonds is 6. The number of sulfonamides is 1. The van der Waals surface area contributed by atoms with Gasteiger partial charge in [0.1, 0.15) is 4.90 Å². The summed E-state index contributed by atoms with van der Waals surface area (Å²) in [5.41, 5.74) is -1.75. The average Bonchev–Trinajstić information content (AvgIpc) is 2.63. The molecule has 0 aromatic heterocycles. The van der Waals surface area contributed by atoms with E-state index < -0.39 is 68.8 Å². The highest BCUT2D eigenvalue weighted by Gasteiger charge is 2.34. The SMILES string of the molecule is CCN(CC(=O)Nc1ccccc1C(F)(F)F)S(=O)(=O)c1ccc(F)c(F)c1F. The number of anilines is 1. The molecule has 5 nitrogen and oxygen atoms in total. The number of alkyl halides is 3. The molecule has 158 valence electrons. The minimum atomic E-state index is -4.78. The monoisotopic (exact) mass is 440 g/mol. The largest absolute Gasteiger partial charge is 0.418 e. The summed E-state index contributed by atoms with van der Waals surface area (Å²) < 4.78 is 105. The maximum absolute atomic E-state index is 13.9. The van der Waals surface area contributed by atoms with Crippen LogP contribution in [0.25, 0.3) is 0 Å². The molecule has 0 unspecified atom stereocenters. The number of hydrogen-bond donors (Lipinski definition) is 1. The van der Waals surface area contributed by atoms with E-state index in [-0.39, 0.29) is 0 Å². The standard InChI is InChI=1S/C17H14F6N2O3S/c1-2-25(29(27,28)13-8-7-11(18)15(19)16(13)20)9-14(26)24-12-6-4-3-5-10(12)17(21,22)23/h3-8H,2,9H2,1H3,(H,24,26). The van der Waals surface area contributed by atoms with Gasteiger partial charge in [0, 0.05) is 6.54 Å². The summed E-state index contributed by atoms with van der Waals surface area (Å²) in [5.74, 6) is -6.72. The van der Waals surface area contributed by atoms with E-state index >= 15 is 0 Å². The first kappa shape index (κ1) is 22.7. The van der Waals surface area contributed by atoms with Crippen molar-refractivity contribution in [2.75, 3.05) is 18.4 Å². The first-order valence-electron chi connectivity index (χ1n) is 7.99. The molecule has 0 spiro atoms. The van der Waals surface area contributed by atoms with Gasteiger partial charge in [-0.05, 0) is 24.3 Å². The zero-order valence-electron chi connectivity index (χ0n) is 14.7. The van der Waals surface area contributed by atoms with Crippen LogP contribution in [-0.2, 0) is 21.0 Å². The van der Waals surface area contributed by atoms with Crippen LogP contribution in [0.2, 0.25) is 0 Å². The normalized spacial score (nSPS) is 12.3. The molecule has 0 heterocycles. The summed E-state index contributed by atoms with van der Waals surface area (Å²) in [5, 5.41) is 1.95. The molecule has 0 radical (unpaired) electrons. The molecule has 29 heavy (non-hydrogen) atoms. The summed E-state index contributed by atoms with van der Waals surface area (Å²) >= 11 is 0. The quantitative estimate of drug-likeness (QED) is 0.550. The predicted octanol–water partition coefficient (Wildman–Crippen LogP) is 3.77. The second kappa shape index (κ2) is 8.41. The lowest BCUT2D eigenvalue weighted by molar-refractivity contribution is -0.137. The van der Waals surface area contributed by atoms with Crippen LogP contribution in [0.1, 0.15) is 12.5 Å². The third-order valence-corrected chi connectivity index (χ3v) is 5.74. The van der Waals surface area contributed by atoms with Crippen molar-refractivity contribution in [1.82, 2.24) is 4.31 Å². The summed E-state index contributed by atoms with van der Waals surface area (Å²) in [7, 11) is -4.78. The predicted molar refractivity (Wildman–Crippen MR) is 90.8 cm³/mol. The Kier molecular flexibility index (Phi) is 6.58. The maximum Gasteiger partial charge on any atom is 0.418 e. The van der Waals surface area contributed by atoms with Crippen molar-refractivity contribution in [2.24, 2.45) is 0 Å². The number of carbonyl (C=O) groups is 1. The van der Waals surface area contributed by atoms with Crippen LogP contribution in [0.3, 0.4) is 0 Å². The zero-order valence-corrected chi connectivity index (χ0v) is 15.5. The summed E-state index contributed by atoms with van der Waals surface area (Å²) in [4.78, 5) is 10.9. The van der Waals surface area contributed by atoms with Gasteiger partial charge in [-0.25, -0.2) is 21.6 Å². The van der Waals surface area contributed by atoms with Gasteiger partial charge in [0.25, 0.3) is 0 Å². The molecule has 0 aliphatic carbocycles. The van der Waals surface area contributed by atoms with Gasteiger partial charge in [0.15, 0.2) is 17.5 Å². The van der Waals surface area contributed by atoms with Crippen molar-refractivity contribution in [1.29, 1.82) is 0 Å². The lowest BCUT2D eigenvalue weighted by Gasteiger charge is -2.21. The van der Waals surface area contributed by atoms with Gasteiger partial charge in [-0.15, -0.1) is 0 Å². The lowest BCUT2D eigenvalue weighted by Crippen LogP contribution is -2.38. The maximum atomic E-state index is 13.9. The number of benzene rings is 2. The fourth-order valence-corrected chi connectivity index (χ4v) is 3.86. The van der Waals surface area contributed by atoms with Gasteiger partial charge in [0.05, 0.1) is 17.8 Å². The lowest BCUT2D eigenvalue weighted by atomic mass is 10.1. The first-order valence-corrected chi connectivity index (χ1v) is 9.43. The van der Waals surface area contributed by atoms with E-state index in [4.69, 9.17) is 0 Å². The molecular weight excluding hydrogens is 426 g/mol. The van der Waals surface area contributed by atoms with Crippen LogP contribution >= 0.6 is 0 Å². The highest BCUT2D eigenvalue weighted by molar-refractivity contribution is 7.89. The van der Waals surface area contributed by atoms with Crippen LogP contribution in [0.5, 0.6) is 0 Å². The molecule has 1 N–H and O–H groups in total. The van der Waals surface area contributed by atoms with Crippen molar-refractivity contribution in [3.8, 4) is 0 Å². The summed E-state index contributed by atoms with van der Waals surface area (Å²) in [6, 6.07) is 4.92. The smallest absolute Gasteiger partial charge is 0.324 e. The molecule has 1 amide bonds. The second-order valence-corrected chi connectivity index (χ2v) is 7.60. The summed E-state index contributed by atoms with van der Waals surface area (Å²) in [6.45, 7) is -0.106. The van der Waals surface area contributed by atoms with E-state index in [0.717, 1.165) is 18.2 Å². The molecule has 0 bridgehead atoms. The Morgan fingerprint density at radius 3 is 2.24 bits per heavy atom. The molecule has 2 aromatic rings. The topological polar surface area (TPSA) is 66.5 Å². The van der Waals surface area contributed by atoms with E-state index in [1.807, 2.05) is 5.32 Å². The first-order chi connectivity index (χ1) is 13.4. The van der Waals surface area contributed by atoms with Crippen LogP contribution in [0.4, 0.5) is 32.0 Å². The number of likely N-dealkylation sites (N-methyl/N-ethyl adjacent to an activating group) is 1. The molecule has 0 aliphatic heterocycles. The molecular formula is C17H14F6N2O3S. The molecule has 2 aromatic carbocycles. The average molecular weight is 440 g/mol. The van der Waals surface area contributed by atoms with E-state index in [1.165, 1.54) is 13.0 Å². The number of nitrogens with one attached hydrogen (secondary N) is 1. The molecule has 0 atom stereocenters. The fraction of sp³-hybridized carbons (Fsp3) is 0.235. The van der Waals surface area contributed by atoms with Gasteiger partial charge in [-0.3, -0.25) is 4.79 Å². The van der Waals surface area contributed by atoms with E-state index in [2.05, 4.69) is 0 Å². The Balaban J connectivity index is 2.29. The molecule has 2 rings (SSSR count). The fourth-order valence-electron chi connectivity index (χ4n) is 2.40. The van der Waals surface area contributed by atoms with Crippen molar-refractivity contribution >= 4 is 21.6 Å². The van der Waals surface area contributed by atoms with E-state index in [9.17, 15) is 39.6 Å². The minimum absolute atomic E-state index is 0.394. The highest BCUT2D eigenvalue weighted by Crippen LogP contribution is 2.34.